The second-order valence-electron chi connectivity index (χ2n) is 8.28. The monoisotopic (exact) mass is 555 g/mol. The van der Waals surface area contributed by atoms with Crippen molar-refractivity contribution in [1.29, 1.82) is 0 Å². The fraction of sp³-hybridized carbons (Fsp3) is 0.583. The number of thiazole rings is 1. The van der Waals surface area contributed by atoms with E-state index < -0.39 is 0 Å². The molecular weight excluding hydrogens is 517 g/mol. The van der Waals surface area contributed by atoms with Crippen molar-refractivity contribution in [3.63, 3.8) is 0 Å². The molecule has 0 spiro atoms. The van der Waals surface area contributed by atoms with Crippen LogP contribution in [0.15, 0.2) is 35.3 Å². The number of rotatable bonds is 9. The van der Waals surface area contributed by atoms with Gasteiger partial charge < -0.3 is 15.5 Å². The lowest BCUT2D eigenvalue weighted by atomic mass is 9.90. The number of nitrogens with zero attached hydrogens (tertiary/aromatic N) is 3. The highest BCUT2D eigenvalue weighted by Gasteiger charge is 2.18. The fourth-order valence-electron chi connectivity index (χ4n) is 4.02. The van der Waals surface area contributed by atoms with Gasteiger partial charge in [0.05, 0.1) is 12.2 Å². The van der Waals surface area contributed by atoms with E-state index in [1.807, 2.05) is 7.05 Å². The summed E-state index contributed by atoms with van der Waals surface area (Å²) in [7, 11) is 1.83. The van der Waals surface area contributed by atoms with Gasteiger partial charge in [0.1, 0.15) is 5.01 Å². The van der Waals surface area contributed by atoms with Gasteiger partial charge in [-0.2, -0.15) is 0 Å². The van der Waals surface area contributed by atoms with Crippen LogP contribution < -0.4 is 10.6 Å². The molecule has 7 heteroatoms. The molecule has 1 saturated heterocycles. The number of halogens is 1. The third-order valence-electron chi connectivity index (χ3n) is 5.97. The number of guanidine groups is 1. The number of hydrogen-bond donors (Lipinski definition) is 2. The molecule has 0 saturated carbocycles. The lowest BCUT2D eigenvalue weighted by Gasteiger charge is -2.32. The summed E-state index contributed by atoms with van der Waals surface area (Å²) in [6, 6.07) is 10.9. The highest BCUT2D eigenvalue weighted by molar-refractivity contribution is 14.0. The average Bonchev–Trinajstić information content (AvgIpc) is 3.09. The van der Waals surface area contributed by atoms with E-state index in [0.29, 0.717) is 0 Å². The highest BCUT2D eigenvalue weighted by atomic mass is 127. The maximum atomic E-state index is 4.57. The fourth-order valence-corrected chi connectivity index (χ4v) is 4.90. The number of unbranched alkanes of at least 4 members (excludes halogenated alkanes) is 1. The first-order chi connectivity index (χ1) is 14.6. The molecular formula is C24H38IN5S. The van der Waals surface area contributed by atoms with Crippen LogP contribution in [-0.2, 0) is 13.0 Å². The van der Waals surface area contributed by atoms with Crippen LogP contribution >= 0.6 is 35.3 Å². The van der Waals surface area contributed by atoms with Gasteiger partial charge in [-0.15, -0.1) is 35.3 Å². The quantitative estimate of drug-likeness (QED) is 0.203. The molecule has 2 N–H and O–H groups in total. The largest absolute Gasteiger partial charge is 0.356 e. The van der Waals surface area contributed by atoms with Crippen LogP contribution in [0.4, 0.5) is 0 Å². The molecule has 0 amide bonds. The number of aliphatic imine (C=N–C) groups is 1. The molecule has 1 aromatic carbocycles. The average molecular weight is 556 g/mol. The molecule has 31 heavy (non-hydrogen) atoms. The van der Waals surface area contributed by atoms with Crippen LogP contribution in [0.5, 0.6) is 0 Å². The van der Waals surface area contributed by atoms with E-state index >= 15 is 0 Å². The van der Waals surface area contributed by atoms with Crippen molar-refractivity contribution in [1.82, 2.24) is 20.5 Å². The first kappa shape index (κ1) is 26.1. The minimum absolute atomic E-state index is 0. The molecule has 0 radical (unpaired) electrons. The second kappa shape index (κ2) is 14.1. The predicted octanol–water partition coefficient (Wildman–Crippen LogP) is 4.78. The summed E-state index contributed by atoms with van der Waals surface area (Å²) in [5, 5.41) is 7.91. The first-order valence-corrected chi connectivity index (χ1v) is 12.1. The van der Waals surface area contributed by atoms with Gasteiger partial charge >= 0.3 is 0 Å². The minimum atomic E-state index is 0. The van der Waals surface area contributed by atoms with Gasteiger partial charge in [0.2, 0.25) is 0 Å². The van der Waals surface area contributed by atoms with Gasteiger partial charge in [0.25, 0.3) is 0 Å². The Hall–Kier alpha value is -1.19. The molecule has 172 valence electrons. The van der Waals surface area contributed by atoms with Crippen LogP contribution in [-0.4, -0.2) is 49.1 Å². The Morgan fingerprint density at radius 1 is 1.13 bits per heavy atom. The Bertz CT molecular complexity index is 765. The molecule has 2 heterocycles. The summed E-state index contributed by atoms with van der Waals surface area (Å²) < 4.78 is 0. The van der Waals surface area contributed by atoms with E-state index in [-0.39, 0.29) is 24.0 Å². The Kier molecular flexibility index (Phi) is 11.8. The molecule has 1 fully saturated rings. The molecule has 1 aromatic heterocycles. The zero-order chi connectivity index (χ0) is 21.2. The highest BCUT2D eigenvalue weighted by Crippen LogP contribution is 2.21. The number of hydrogen-bond acceptors (Lipinski definition) is 4. The molecule has 0 bridgehead atoms. The van der Waals surface area contributed by atoms with E-state index in [0.717, 1.165) is 35.7 Å². The maximum Gasteiger partial charge on any atom is 0.191 e. The summed E-state index contributed by atoms with van der Waals surface area (Å²) in [5.41, 5.74) is 2.62. The Morgan fingerprint density at radius 3 is 2.52 bits per heavy atom. The van der Waals surface area contributed by atoms with Crippen molar-refractivity contribution in [2.24, 2.45) is 10.9 Å². The maximum absolute atomic E-state index is 4.57. The van der Waals surface area contributed by atoms with E-state index in [1.54, 1.807) is 11.3 Å². The molecule has 3 rings (SSSR count). The van der Waals surface area contributed by atoms with Crippen LogP contribution in [0.25, 0.3) is 0 Å². The smallest absolute Gasteiger partial charge is 0.191 e. The topological polar surface area (TPSA) is 52.6 Å². The molecule has 1 aliphatic heterocycles. The van der Waals surface area contributed by atoms with E-state index in [9.17, 15) is 0 Å². The Labute approximate surface area is 209 Å². The van der Waals surface area contributed by atoms with Gasteiger partial charge in [-0.25, -0.2) is 4.98 Å². The Balaban J connectivity index is 0.00000341. The van der Waals surface area contributed by atoms with Crippen molar-refractivity contribution in [2.45, 2.75) is 52.5 Å². The third kappa shape index (κ3) is 9.06. The summed E-state index contributed by atoms with van der Waals surface area (Å²) in [4.78, 5) is 12.8. The number of aryl methyl sites for hydroxylation is 2. The molecule has 0 aliphatic carbocycles. The summed E-state index contributed by atoms with van der Waals surface area (Å²) in [6.45, 7) is 9.59. The van der Waals surface area contributed by atoms with Crippen molar-refractivity contribution < 1.29 is 0 Å². The van der Waals surface area contributed by atoms with Gasteiger partial charge in [-0.1, -0.05) is 30.3 Å². The summed E-state index contributed by atoms with van der Waals surface area (Å²) >= 11 is 1.75. The van der Waals surface area contributed by atoms with E-state index in [2.05, 4.69) is 69.7 Å². The first-order valence-electron chi connectivity index (χ1n) is 11.3. The second-order valence-corrected chi connectivity index (χ2v) is 9.57. The van der Waals surface area contributed by atoms with Crippen molar-refractivity contribution >= 4 is 41.3 Å². The van der Waals surface area contributed by atoms with Gasteiger partial charge in [-0.3, -0.25) is 4.99 Å². The van der Waals surface area contributed by atoms with E-state index in [1.165, 1.54) is 62.2 Å². The molecule has 5 nitrogen and oxygen atoms in total. The molecule has 2 aromatic rings. The van der Waals surface area contributed by atoms with E-state index in [4.69, 9.17) is 0 Å². The van der Waals surface area contributed by atoms with Crippen LogP contribution in [0.3, 0.4) is 0 Å². The molecule has 0 unspecified atom stereocenters. The Morgan fingerprint density at radius 2 is 1.87 bits per heavy atom. The molecule has 0 atom stereocenters. The normalized spacial score (nSPS) is 15.5. The number of likely N-dealkylation sites (tertiary alicyclic amines) is 1. The third-order valence-corrected chi connectivity index (χ3v) is 7.04. The zero-order valence-electron chi connectivity index (χ0n) is 19.2. The van der Waals surface area contributed by atoms with Crippen LogP contribution in [0.1, 0.15) is 46.8 Å². The number of nitrogens with one attached hydrogen (secondary N) is 2. The van der Waals surface area contributed by atoms with Crippen LogP contribution in [0.2, 0.25) is 0 Å². The standard InChI is InChI=1S/C24H37N5S.HI/c1-19-20(2)30-23(28-19)18-27-24(25-3)26-13-7-8-14-29-15-11-22(12-16-29)17-21-9-5-4-6-10-21;/h4-6,9-10,22H,7-8,11-18H2,1-3H3,(H2,25,26,27);1H. The van der Waals surface area contributed by atoms with Crippen molar-refractivity contribution in [2.75, 3.05) is 33.2 Å². The summed E-state index contributed by atoms with van der Waals surface area (Å²) in [6.07, 6.45) is 6.31. The number of aromatic nitrogens is 1. The van der Waals surface area contributed by atoms with Gasteiger partial charge in [0, 0.05) is 18.5 Å². The van der Waals surface area contributed by atoms with Crippen molar-refractivity contribution in [3.8, 4) is 0 Å². The summed E-state index contributed by atoms with van der Waals surface area (Å²) in [5.74, 6) is 1.72. The van der Waals surface area contributed by atoms with Gasteiger partial charge in [0.15, 0.2) is 5.96 Å². The van der Waals surface area contributed by atoms with Crippen molar-refractivity contribution in [3.05, 3.63) is 51.5 Å². The zero-order valence-corrected chi connectivity index (χ0v) is 22.3. The SMILES string of the molecule is CN=C(NCCCCN1CCC(Cc2ccccc2)CC1)NCc1nc(C)c(C)s1.I. The predicted molar refractivity (Wildman–Crippen MR) is 144 cm³/mol. The number of benzene rings is 1. The minimum Gasteiger partial charge on any atom is -0.356 e. The molecule has 1 aliphatic rings. The lowest BCUT2D eigenvalue weighted by Crippen LogP contribution is -2.38. The number of piperidine rings is 1. The van der Waals surface area contributed by atoms with Gasteiger partial charge in [-0.05, 0) is 77.1 Å². The lowest BCUT2D eigenvalue weighted by molar-refractivity contribution is 0.181. The van der Waals surface area contributed by atoms with Crippen LogP contribution in [0, 0.1) is 19.8 Å².